The number of esters is 1. The van der Waals surface area contributed by atoms with Gasteiger partial charge in [-0.05, 0) is 49.6 Å². The highest BCUT2D eigenvalue weighted by Crippen LogP contribution is 2.37. The number of carbonyl (C=O) groups is 2. The van der Waals surface area contributed by atoms with Crippen molar-refractivity contribution in [3.05, 3.63) is 77.0 Å². The topological polar surface area (TPSA) is 84.1 Å². The number of rotatable bonds is 5. The summed E-state index contributed by atoms with van der Waals surface area (Å²) in [7, 11) is 0. The molecule has 6 nitrogen and oxygen atoms in total. The van der Waals surface area contributed by atoms with Crippen LogP contribution < -0.4 is 5.32 Å². The number of ether oxygens (including phenoxy) is 1. The lowest BCUT2D eigenvalue weighted by atomic mass is 10.1. The first-order valence-electron chi connectivity index (χ1n) is 9.88. The molecule has 4 rings (SSSR count). The molecule has 3 aromatic rings. The highest BCUT2D eigenvalue weighted by molar-refractivity contribution is 8.01. The second-order valence-corrected chi connectivity index (χ2v) is 8.54. The zero-order valence-corrected chi connectivity index (χ0v) is 18.0. The number of hydrogen-bond acceptors (Lipinski definition) is 5. The van der Waals surface area contributed by atoms with Crippen LogP contribution in [0.2, 0.25) is 0 Å². The highest BCUT2D eigenvalue weighted by atomic mass is 32.2. The maximum atomic E-state index is 12.6. The molecular formula is C24H21N3O3S. The van der Waals surface area contributed by atoms with E-state index in [4.69, 9.17) is 4.74 Å². The van der Waals surface area contributed by atoms with Crippen LogP contribution in [-0.4, -0.2) is 28.3 Å². The quantitative estimate of drug-likeness (QED) is 0.613. The number of anilines is 1. The van der Waals surface area contributed by atoms with E-state index in [0.717, 1.165) is 27.4 Å². The Morgan fingerprint density at radius 3 is 2.58 bits per heavy atom. The van der Waals surface area contributed by atoms with Gasteiger partial charge in [0.15, 0.2) is 6.61 Å². The first-order valence-corrected chi connectivity index (χ1v) is 10.8. The first-order chi connectivity index (χ1) is 15.0. The normalized spacial score (nSPS) is 14.5. The minimum atomic E-state index is -0.486. The van der Waals surface area contributed by atoms with Crippen LogP contribution in [0.25, 0.3) is 5.69 Å². The van der Waals surface area contributed by atoms with Crippen LogP contribution in [0.3, 0.4) is 0 Å². The van der Waals surface area contributed by atoms with Crippen molar-refractivity contribution in [1.82, 2.24) is 4.57 Å². The lowest BCUT2D eigenvalue weighted by Crippen LogP contribution is -2.27. The van der Waals surface area contributed by atoms with Crippen LogP contribution in [0.15, 0.2) is 59.5 Å². The Labute approximate surface area is 184 Å². The molecule has 1 amide bonds. The lowest BCUT2D eigenvalue weighted by molar-refractivity contribution is -0.146. The van der Waals surface area contributed by atoms with Crippen molar-refractivity contribution in [2.75, 3.05) is 11.9 Å². The average Bonchev–Trinajstić information content (AvgIpc) is 3.32. The van der Waals surface area contributed by atoms with Crippen molar-refractivity contribution in [3.8, 4) is 11.8 Å². The molecule has 0 radical (unpaired) electrons. The molecule has 2 aromatic carbocycles. The summed E-state index contributed by atoms with van der Waals surface area (Å²) >= 11 is 1.46. The molecular weight excluding hydrogens is 410 g/mol. The summed E-state index contributed by atoms with van der Waals surface area (Å²) < 4.78 is 7.11. The van der Waals surface area contributed by atoms with E-state index in [2.05, 4.69) is 11.4 Å². The number of amides is 1. The SMILES string of the molecule is Cc1c(C#N)c(NC(=O)COC(=O)C2Cc3ccccc3S2)n(-c2ccccc2)c1C. The monoisotopic (exact) mass is 431 g/mol. The Morgan fingerprint density at radius 1 is 1.16 bits per heavy atom. The van der Waals surface area contributed by atoms with E-state index >= 15 is 0 Å². The van der Waals surface area contributed by atoms with E-state index in [1.165, 1.54) is 11.8 Å². The lowest BCUT2D eigenvalue weighted by Gasteiger charge is -2.14. The predicted molar refractivity (Wildman–Crippen MR) is 119 cm³/mol. The van der Waals surface area contributed by atoms with Crippen molar-refractivity contribution in [3.63, 3.8) is 0 Å². The fourth-order valence-electron chi connectivity index (χ4n) is 3.67. The molecule has 0 bridgehead atoms. The summed E-state index contributed by atoms with van der Waals surface area (Å²) in [4.78, 5) is 26.1. The smallest absolute Gasteiger partial charge is 0.320 e. The Hall–Kier alpha value is -3.50. The average molecular weight is 432 g/mol. The largest absolute Gasteiger partial charge is 0.455 e. The van der Waals surface area contributed by atoms with E-state index < -0.39 is 18.5 Å². The number of nitrogens with one attached hydrogen (secondary N) is 1. The predicted octanol–water partition coefficient (Wildman–Crippen LogP) is 4.16. The number of para-hydroxylation sites is 1. The zero-order chi connectivity index (χ0) is 22.0. The summed E-state index contributed by atoms with van der Waals surface area (Å²) in [6, 6.07) is 19.5. The molecule has 0 saturated carbocycles. The summed E-state index contributed by atoms with van der Waals surface area (Å²) in [6.45, 7) is 3.33. The molecule has 0 spiro atoms. The minimum absolute atomic E-state index is 0.350. The number of carbonyl (C=O) groups excluding carboxylic acids is 2. The van der Waals surface area contributed by atoms with E-state index in [-0.39, 0.29) is 5.25 Å². The third kappa shape index (κ3) is 4.07. The molecule has 2 heterocycles. The molecule has 1 unspecified atom stereocenters. The number of nitriles is 1. The van der Waals surface area contributed by atoms with E-state index in [1.807, 2.05) is 73.0 Å². The Kier molecular flexibility index (Phi) is 5.83. The van der Waals surface area contributed by atoms with E-state index in [9.17, 15) is 14.9 Å². The number of benzene rings is 2. The van der Waals surface area contributed by atoms with Crippen LogP contribution >= 0.6 is 11.8 Å². The molecule has 0 fully saturated rings. The fraction of sp³-hybridized carbons (Fsp3) is 0.208. The summed E-state index contributed by atoms with van der Waals surface area (Å²) in [5.41, 5.74) is 3.98. The second-order valence-electron chi connectivity index (χ2n) is 7.29. The summed E-state index contributed by atoms with van der Waals surface area (Å²) in [6.07, 6.45) is 0.592. The third-order valence-corrected chi connectivity index (χ3v) is 6.65. The Morgan fingerprint density at radius 2 is 1.87 bits per heavy atom. The van der Waals surface area contributed by atoms with Crippen molar-refractivity contribution in [2.24, 2.45) is 0 Å². The molecule has 1 aliphatic heterocycles. The highest BCUT2D eigenvalue weighted by Gasteiger charge is 2.30. The van der Waals surface area contributed by atoms with Crippen LogP contribution in [0.1, 0.15) is 22.4 Å². The van der Waals surface area contributed by atoms with Gasteiger partial charge in [-0.1, -0.05) is 36.4 Å². The summed E-state index contributed by atoms with van der Waals surface area (Å²) in [5.74, 6) is -0.518. The fourth-order valence-corrected chi connectivity index (χ4v) is 4.87. The molecule has 7 heteroatoms. The Balaban J connectivity index is 1.46. The van der Waals surface area contributed by atoms with Gasteiger partial charge in [0.25, 0.3) is 5.91 Å². The molecule has 31 heavy (non-hydrogen) atoms. The minimum Gasteiger partial charge on any atom is -0.455 e. The maximum Gasteiger partial charge on any atom is 0.320 e. The Bertz CT molecular complexity index is 1170. The molecule has 0 saturated heterocycles. The molecule has 0 aliphatic carbocycles. The number of hydrogen-bond donors (Lipinski definition) is 1. The standard InChI is InChI=1S/C24H21N3O3S/c1-15-16(2)27(18-9-4-3-5-10-18)23(19(15)13-25)26-22(28)14-30-24(29)21-12-17-8-6-7-11-20(17)31-21/h3-11,21H,12,14H2,1-2H3,(H,26,28). The number of aromatic nitrogens is 1. The van der Waals surface area contributed by atoms with Gasteiger partial charge in [0.1, 0.15) is 17.1 Å². The number of fused-ring (bicyclic) bond motifs is 1. The van der Waals surface area contributed by atoms with Gasteiger partial charge in [0, 0.05) is 16.3 Å². The van der Waals surface area contributed by atoms with Crippen LogP contribution in [-0.2, 0) is 20.7 Å². The van der Waals surface area contributed by atoms with Crippen molar-refractivity contribution in [1.29, 1.82) is 5.26 Å². The van der Waals surface area contributed by atoms with Crippen LogP contribution in [0.5, 0.6) is 0 Å². The van der Waals surface area contributed by atoms with Gasteiger partial charge in [-0.15, -0.1) is 11.8 Å². The molecule has 1 aliphatic rings. The van der Waals surface area contributed by atoms with E-state index in [0.29, 0.717) is 17.8 Å². The number of nitrogens with zero attached hydrogens (tertiary/aromatic N) is 2. The van der Waals surface area contributed by atoms with Gasteiger partial charge in [-0.25, -0.2) is 0 Å². The van der Waals surface area contributed by atoms with Gasteiger partial charge in [0.05, 0.1) is 5.56 Å². The van der Waals surface area contributed by atoms with Gasteiger partial charge in [-0.2, -0.15) is 5.26 Å². The van der Waals surface area contributed by atoms with Gasteiger partial charge >= 0.3 is 5.97 Å². The molecule has 156 valence electrons. The van der Waals surface area contributed by atoms with Crippen molar-refractivity contribution < 1.29 is 14.3 Å². The molecule has 1 aromatic heterocycles. The molecule has 1 atom stereocenters. The summed E-state index contributed by atoms with van der Waals surface area (Å²) in [5, 5.41) is 12.1. The van der Waals surface area contributed by atoms with Gasteiger partial charge in [0.2, 0.25) is 0 Å². The van der Waals surface area contributed by atoms with Crippen LogP contribution in [0.4, 0.5) is 5.82 Å². The second kappa shape index (κ2) is 8.70. The molecule has 1 N–H and O–H groups in total. The third-order valence-electron chi connectivity index (χ3n) is 5.35. The zero-order valence-electron chi connectivity index (χ0n) is 17.2. The van der Waals surface area contributed by atoms with Gasteiger partial charge < -0.3 is 10.1 Å². The van der Waals surface area contributed by atoms with Gasteiger partial charge in [-0.3, -0.25) is 14.2 Å². The van der Waals surface area contributed by atoms with Crippen molar-refractivity contribution in [2.45, 2.75) is 30.4 Å². The number of thioether (sulfide) groups is 1. The first kappa shape index (κ1) is 20.8. The van der Waals surface area contributed by atoms with Crippen LogP contribution in [0, 0.1) is 25.2 Å². The maximum absolute atomic E-state index is 12.6. The van der Waals surface area contributed by atoms with Crippen molar-refractivity contribution >= 4 is 29.5 Å². The van der Waals surface area contributed by atoms with E-state index in [1.54, 1.807) is 0 Å².